The lowest BCUT2D eigenvalue weighted by atomic mass is 10.2. The fourth-order valence-corrected chi connectivity index (χ4v) is 1.69. The van der Waals surface area contributed by atoms with Gasteiger partial charge in [0.15, 0.2) is 11.6 Å². The molecule has 18 heavy (non-hydrogen) atoms. The summed E-state index contributed by atoms with van der Waals surface area (Å²) in [5.74, 6) is -1.53. The molecule has 0 aliphatic carbocycles. The number of hydrogen-bond acceptors (Lipinski definition) is 2. The van der Waals surface area contributed by atoms with Crippen molar-refractivity contribution in [3.63, 3.8) is 0 Å². The van der Waals surface area contributed by atoms with Crippen LogP contribution in [0.5, 0.6) is 5.75 Å². The first-order valence-corrected chi connectivity index (χ1v) is 5.60. The predicted octanol–water partition coefficient (Wildman–Crippen LogP) is 3.94. The third-order valence-electron chi connectivity index (χ3n) is 2.44. The summed E-state index contributed by atoms with van der Waals surface area (Å²) < 4.78 is 26.5. The molecule has 94 valence electrons. The van der Waals surface area contributed by atoms with Crippen LogP contribution in [0.2, 0.25) is 5.02 Å². The van der Waals surface area contributed by atoms with Gasteiger partial charge in [0.05, 0.1) is 0 Å². The largest absolute Gasteiger partial charge is 0.505 e. The second-order valence-electron chi connectivity index (χ2n) is 3.76. The minimum absolute atomic E-state index is 0.177. The highest BCUT2D eigenvalue weighted by Crippen LogP contribution is 2.21. The summed E-state index contributed by atoms with van der Waals surface area (Å²) in [5.41, 5.74) is 0.834. The van der Waals surface area contributed by atoms with Gasteiger partial charge in [-0.1, -0.05) is 11.6 Å². The molecule has 0 aromatic heterocycles. The highest BCUT2D eigenvalue weighted by atomic mass is 35.5. The first-order valence-electron chi connectivity index (χ1n) is 5.22. The summed E-state index contributed by atoms with van der Waals surface area (Å²) >= 11 is 5.76. The maximum atomic E-state index is 13.4. The van der Waals surface area contributed by atoms with Gasteiger partial charge in [0.25, 0.3) is 0 Å². The van der Waals surface area contributed by atoms with Crippen LogP contribution in [0.25, 0.3) is 0 Å². The third kappa shape index (κ3) is 2.90. The van der Waals surface area contributed by atoms with Crippen LogP contribution in [0.1, 0.15) is 5.56 Å². The van der Waals surface area contributed by atoms with E-state index in [-0.39, 0.29) is 12.4 Å². The zero-order chi connectivity index (χ0) is 13.1. The van der Waals surface area contributed by atoms with E-state index in [2.05, 4.69) is 5.32 Å². The van der Waals surface area contributed by atoms with Crippen molar-refractivity contribution < 1.29 is 13.9 Å². The van der Waals surface area contributed by atoms with Crippen LogP contribution in [0, 0.1) is 11.6 Å². The molecule has 2 aromatic carbocycles. The van der Waals surface area contributed by atoms with Crippen LogP contribution >= 0.6 is 11.6 Å². The van der Waals surface area contributed by atoms with Crippen molar-refractivity contribution in [2.75, 3.05) is 5.32 Å². The Kier molecular flexibility index (Phi) is 3.67. The second kappa shape index (κ2) is 5.23. The van der Waals surface area contributed by atoms with E-state index in [4.69, 9.17) is 16.7 Å². The Morgan fingerprint density at radius 1 is 1.06 bits per heavy atom. The summed E-state index contributed by atoms with van der Waals surface area (Å²) in [7, 11) is 0. The number of anilines is 1. The van der Waals surface area contributed by atoms with Crippen LogP contribution in [-0.4, -0.2) is 5.11 Å². The standard InChI is InChI=1S/C13H10ClF2NO/c14-9-1-3-11(15)8(5-9)7-17-10-2-4-13(18)12(16)6-10/h1-6,17-18H,7H2. The van der Waals surface area contributed by atoms with E-state index in [0.717, 1.165) is 6.07 Å². The fraction of sp³-hybridized carbons (Fsp3) is 0.0769. The molecule has 2 nitrogen and oxygen atoms in total. The number of nitrogens with one attached hydrogen (secondary N) is 1. The van der Waals surface area contributed by atoms with Gasteiger partial charge >= 0.3 is 0 Å². The van der Waals surface area contributed by atoms with E-state index < -0.39 is 11.6 Å². The number of aromatic hydroxyl groups is 1. The molecule has 0 heterocycles. The average Bonchev–Trinajstić information content (AvgIpc) is 2.34. The molecule has 0 aliphatic rings. The van der Waals surface area contributed by atoms with Gasteiger partial charge in [0, 0.05) is 28.9 Å². The van der Waals surface area contributed by atoms with Crippen molar-refractivity contribution in [1.29, 1.82) is 0 Å². The lowest BCUT2D eigenvalue weighted by Crippen LogP contribution is -2.02. The molecular weight excluding hydrogens is 260 g/mol. The van der Waals surface area contributed by atoms with Gasteiger partial charge in [-0.2, -0.15) is 0 Å². The van der Waals surface area contributed by atoms with Gasteiger partial charge in [0.2, 0.25) is 0 Å². The summed E-state index contributed by atoms with van der Waals surface area (Å²) in [6.07, 6.45) is 0. The Hall–Kier alpha value is -1.81. The zero-order valence-corrected chi connectivity index (χ0v) is 10.0. The van der Waals surface area contributed by atoms with Gasteiger partial charge in [-0.25, -0.2) is 8.78 Å². The lowest BCUT2D eigenvalue weighted by molar-refractivity contribution is 0.432. The van der Waals surface area contributed by atoms with E-state index in [1.807, 2.05) is 0 Å². The second-order valence-corrected chi connectivity index (χ2v) is 4.19. The topological polar surface area (TPSA) is 32.3 Å². The molecule has 0 aliphatic heterocycles. The number of phenols is 1. The Morgan fingerprint density at radius 2 is 1.83 bits per heavy atom. The molecule has 0 amide bonds. The van der Waals surface area contributed by atoms with Gasteiger partial charge < -0.3 is 10.4 Å². The van der Waals surface area contributed by atoms with Crippen molar-refractivity contribution in [3.8, 4) is 5.75 Å². The Morgan fingerprint density at radius 3 is 2.56 bits per heavy atom. The smallest absolute Gasteiger partial charge is 0.166 e. The normalized spacial score (nSPS) is 10.4. The quantitative estimate of drug-likeness (QED) is 0.828. The van der Waals surface area contributed by atoms with Crippen molar-refractivity contribution >= 4 is 17.3 Å². The average molecular weight is 270 g/mol. The number of rotatable bonds is 3. The van der Waals surface area contributed by atoms with Crippen molar-refractivity contribution in [1.82, 2.24) is 0 Å². The highest BCUT2D eigenvalue weighted by molar-refractivity contribution is 6.30. The Balaban J connectivity index is 2.11. The highest BCUT2D eigenvalue weighted by Gasteiger charge is 2.05. The molecule has 0 radical (unpaired) electrons. The van der Waals surface area contributed by atoms with Crippen LogP contribution in [0.4, 0.5) is 14.5 Å². The number of hydrogen-bond donors (Lipinski definition) is 2. The van der Waals surface area contributed by atoms with Crippen molar-refractivity contribution in [2.45, 2.75) is 6.54 Å². The summed E-state index contributed by atoms with van der Waals surface area (Å²) in [6, 6.07) is 8.10. The summed E-state index contributed by atoms with van der Waals surface area (Å²) in [6.45, 7) is 0.177. The maximum absolute atomic E-state index is 13.4. The zero-order valence-electron chi connectivity index (χ0n) is 9.25. The number of benzene rings is 2. The van der Waals surface area contributed by atoms with E-state index in [9.17, 15) is 8.78 Å². The molecule has 0 unspecified atom stereocenters. The molecule has 2 rings (SSSR count). The first kappa shape index (κ1) is 12.6. The molecule has 0 atom stereocenters. The van der Waals surface area contributed by atoms with Crippen LogP contribution in [0.15, 0.2) is 36.4 Å². The van der Waals surface area contributed by atoms with E-state index in [0.29, 0.717) is 16.3 Å². The molecule has 0 spiro atoms. The van der Waals surface area contributed by atoms with E-state index >= 15 is 0 Å². The van der Waals surface area contributed by atoms with Crippen LogP contribution in [0.3, 0.4) is 0 Å². The molecule has 0 bridgehead atoms. The lowest BCUT2D eigenvalue weighted by Gasteiger charge is -2.08. The van der Waals surface area contributed by atoms with E-state index in [1.165, 1.54) is 30.3 Å². The minimum atomic E-state index is -0.730. The van der Waals surface area contributed by atoms with Gasteiger partial charge in [-0.3, -0.25) is 0 Å². The van der Waals surface area contributed by atoms with Gasteiger partial charge in [-0.05, 0) is 30.3 Å². The monoisotopic (exact) mass is 269 g/mol. The SMILES string of the molecule is Oc1ccc(NCc2cc(Cl)ccc2F)cc1F. The fourth-order valence-electron chi connectivity index (χ4n) is 1.49. The minimum Gasteiger partial charge on any atom is -0.505 e. The maximum Gasteiger partial charge on any atom is 0.166 e. The summed E-state index contributed by atoms with van der Waals surface area (Å²) in [4.78, 5) is 0. The molecule has 5 heteroatoms. The van der Waals surface area contributed by atoms with Crippen molar-refractivity contribution in [3.05, 3.63) is 58.6 Å². The molecular formula is C13H10ClF2NO. The summed E-state index contributed by atoms with van der Waals surface area (Å²) in [5, 5.41) is 12.3. The number of phenolic OH excluding ortho intramolecular Hbond substituents is 1. The Bertz CT molecular complexity index is 575. The first-order chi connectivity index (χ1) is 8.56. The molecule has 0 saturated heterocycles. The van der Waals surface area contributed by atoms with Crippen LogP contribution < -0.4 is 5.32 Å². The predicted molar refractivity (Wildman–Crippen MR) is 66.8 cm³/mol. The third-order valence-corrected chi connectivity index (χ3v) is 2.67. The molecule has 0 fully saturated rings. The molecule has 2 aromatic rings. The van der Waals surface area contributed by atoms with Gasteiger partial charge in [-0.15, -0.1) is 0 Å². The molecule has 2 N–H and O–H groups in total. The Labute approximate surface area is 108 Å². The number of halogens is 3. The van der Waals surface area contributed by atoms with Gasteiger partial charge in [0.1, 0.15) is 5.82 Å². The molecule has 0 saturated carbocycles. The van der Waals surface area contributed by atoms with E-state index in [1.54, 1.807) is 0 Å². The van der Waals surface area contributed by atoms with Crippen LogP contribution in [-0.2, 0) is 6.54 Å². The van der Waals surface area contributed by atoms with Crippen molar-refractivity contribution in [2.24, 2.45) is 0 Å².